The maximum atomic E-state index is 11.4. The van der Waals surface area contributed by atoms with E-state index in [2.05, 4.69) is 4.18 Å². The highest BCUT2D eigenvalue weighted by atomic mass is 32.2. The molecule has 1 saturated heterocycles. The van der Waals surface area contributed by atoms with Crippen molar-refractivity contribution in [2.75, 3.05) is 19.4 Å². The molecule has 0 radical (unpaired) electrons. The minimum Gasteiger partial charge on any atom is -0.283 e. The fourth-order valence-corrected chi connectivity index (χ4v) is 2.05. The predicted molar refractivity (Wildman–Crippen MR) is 60.6 cm³/mol. The highest BCUT2D eigenvalue weighted by Gasteiger charge is 2.24. The first-order chi connectivity index (χ1) is 7.90. The number of carbonyl (C=O) groups excluding carboxylic acids is 2. The van der Waals surface area contributed by atoms with Gasteiger partial charge in [-0.2, -0.15) is 8.42 Å². The Labute approximate surface area is 101 Å². The fraction of sp³-hybridized carbons (Fsp3) is 0.800. The molecular weight excluding hydrogens is 246 g/mol. The van der Waals surface area contributed by atoms with Gasteiger partial charge in [0.25, 0.3) is 10.1 Å². The van der Waals surface area contributed by atoms with Crippen LogP contribution >= 0.6 is 0 Å². The molecular formula is C10H17NO5S. The summed E-state index contributed by atoms with van der Waals surface area (Å²) in [5.74, 6) is -0.268. The highest BCUT2D eigenvalue weighted by Crippen LogP contribution is 2.12. The summed E-state index contributed by atoms with van der Waals surface area (Å²) < 4.78 is 25.9. The second-order valence-electron chi connectivity index (χ2n) is 4.03. The van der Waals surface area contributed by atoms with E-state index >= 15 is 0 Å². The minimum absolute atomic E-state index is 0.0923. The zero-order valence-electron chi connectivity index (χ0n) is 9.85. The zero-order chi connectivity index (χ0) is 12.9. The standard InChI is InChI=1S/C10H17NO5S/c1-17(14,15)16-8-3-2-7-11-9(12)5-4-6-10(11)13/h2-8H2,1H3. The number of hydrogen-bond donors (Lipinski definition) is 0. The van der Waals surface area contributed by atoms with Gasteiger partial charge in [-0.3, -0.25) is 18.7 Å². The van der Waals surface area contributed by atoms with Crippen molar-refractivity contribution in [2.24, 2.45) is 0 Å². The lowest BCUT2D eigenvalue weighted by molar-refractivity contribution is -0.148. The molecule has 1 aliphatic heterocycles. The number of rotatable bonds is 6. The maximum Gasteiger partial charge on any atom is 0.264 e. The van der Waals surface area contributed by atoms with Gasteiger partial charge in [0.05, 0.1) is 12.9 Å². The maximum absolute atomic E-state index is 11.4. The van der Waals surface area contributed by atoms with Crippen molar-refractivity contribution in [2.45, 2.75) is 32.1 Å². The second kappa shape index (κ2) is 6.11. The van der Waals surface area contributed by atoms with Gasteiger partial charge in [-0.05, 0) is 19.3 Å². The average molecular weight is 263 g/mol. The van der Waals surface area contributed by atoms with E-state index in [1.165, 1.54) is 4.90 Å². The summed E-state index contributed by atoms with van der Waals surface area (Å²) in [4.78, 5) is 24.1. The van der Waals surface area contributed by atoms with Crippen LogP contribution in [0.1, 0.15) is 32.1 Å². The number of piperidine rings is 1. The number of likely N-dealkylation sites (tertiary alicyclic amines) is 1. The van der Waals surface area contributed by atoms with E-state index < -0.39 is 10.1 Å². The summed E-state index contributed by atoms with van der Waals surface area (Å²) in [6.45, 7) is 0.444. The molecule has 1 fully saturated rings. The molecule has 0 aliphatic carbocycles. The van der Waals surface area contributed by atoms with Crippen molar-refractivity contribution in [3.8, 4) is 0 Å². The molecule has 6 nitrogen and oxygen atoms in total. The quantitative estimate of drug-likeness (QED) is 0.390. The molecule has 98 valence electrons. The third kappa shape index (κ3) is 5.27. The van der Waals surface area contributed by atoms with Crippen molar-refractivity contribution < 1.29 is 22.2 Å². The van der Waals surface area contributed by atoms with E-state index in [1.807, 2.05) is 0 Å². The Hall–Kier alpha value is -0.950. The molecule has 0 aromatic heterocycles. The largest absolute Gasteiger partial charge is 0.283 e. The number of hydrogen-bond acceptors (Lipinski definition) is 5. The van der Waals surface area contributed by atoms with E-state index in [-0.39, 0.29) is 18.4 Å². The van der Waals surface area contributed by atoms with Crippen LogP contribution in [-0.4, -0.2) is 44.5 Å². The third-order valence-electron chi connectivity index (χ3n) is 2.46. The van der Waals surface area contributed by atoms with Gasteiger partial charge < -0.3 is 0 Å². The number of nitrogens with zero attached hydrogens (tertiary/aromatic N) is 1. The lowest BCUT2D eigenvalue weighted by atomic mass is 10.1. The van der Waals surface area contributed by atoms with Gasteiger partial charge in [0.2, 0.25) is 11.8 Å². The molecule has 17 heavy (non-hydrogen) atoms. The van der Waals surface area contributed by atoms with Crippen molar-refractivity contribution in [3.63, 3.8) is 0 Å². The van der Waals surface area contributed by atoms with E-state index in [1.54, 1.807) is 0 Å². The van der Waals surface area contributed by atoms with Crippen molar-refractivity contribution in [1.29, 1.82) is 0 Å². The number of imide groups is 1. The predicted octanol–water partition coefficient (Wildman–Crippen LogP) is 0.282. The van der Waals surface area contributed by atoms with E-state index in [9.17, 15) is 18.0 Å². The van der Waals surface area contributed by atoms with Crippen LogP contribution in [0, 0.1) is 0 Å². The molecule has 1 aliphatic rings. The van der Waals surface area contributed by atoms with Gasteiger partial charge >= 0.3 is 0 Å². The van der Waals surface area contributed by atoms with Gasteiger partial charge in [0, 0.05) is 19.4 Å². The van der Waals surface area contributed by atoms with Gasteiger partial charge in [0.15, 0.2) is 0 Å². The Kier molecular flexibility index (Phi) is 5.07. The van der Waals surface area contributed by atoms with Crippen LogP contribution in [0.15, 0.2) is 0 Å². The first-order valence-electron chi connectivity index (χ1n) is 5.58. The molecule has 0 spiro atoms. The van der Waals surface area contributed by atoms with Crippen LogP contribution in [0.5, 0.6) is 0 Å². The van der Waals surface area contributed by atoms with Gasteiger partial charge in [-0.25, -0.2) is 0 Å². The van der Waals surface area contributed by atoms with Crippen LogP contribution in [0.25, 0.3) is 0 Å². The van der Waals surface area contributed by atoms with Crippen LogP contribution in [-0.2, 0) is 23.9 Å². The molecule has 1 rings (SSSR count). The smallest absolute Gasteiger partial charge is 0.264 e. The molecule has 0 saturated carbocycles. The average Bonchev–Trinajstić information content (AvgIpc) is 2.20. The summed E-state index contributed by atoms with van der Waals surface area (Å²) in [5.41, 5.74) is 0. The molecule has 0 bridgehead atoms. The van der Waals surface area contributed by atoms with E-state index in [0.29, 0.717) is 38.6 Å². The van der Waals surface area contributed by atoms with E-state index in [4.69, 9.17) is 0 Å². The second-order valence-corrected chi connectivity index (χ2v) is 5.67. The summed E-state index contributed by atoms with van der Waals surface area (Å²) in [6, 6.07) is 0. The zero-order valence-corrected chi connectivity index (χ0v) is 10.7. The van der Waals surface area contributed by atoms with Crippen LogP contribution in [0.2, 0.25) is 0 Å². The number of amides is 2. The van der Waals surface area contributed by atoms with Crippen molar-refractivity contribution >= 4 is 21.9 Å². The topological polar surface area (TPSA) is 80.8 Å². The molecule has 0 unspecified atom stereocenters. The van der Waals surface area contributed by atoms with Crippen LogP contribution in [0.3, 0.4) is 0 Å². The first kappa shape index (κ1) is 14.1. The van der Waals surface area contributed by atoms with Gasteiger partial charge in [-0.15, -0.1) is 0 Å². The first-order valence-corrected chi connectivity index (χ1v) is 7.39. The molecule has 1 heterocycles. The normalized spacial score (nSPS) is 17.6. The van der Waals surface area contributed by atoms with Gasteiger partial charge in [-0.1, -0.05) is 0 Å². The molecule has 7 heteroatoms. The number of unbranched alkanes of at least 4 members (excludes halogenated alkanes) is 1. The summed E-state index contributed by atoms with van der Waals surface area (Å²) in [7, 11) is -3.40. The highest BCUT2D eigenvalue weighted by molar-refractivity contribution is 7.85. The van der Waals surface area contributed by atoms with E-state index in [0.717, 1.165) is 6.26 Å². The van der Waals surface area contributed by atoms with Crippen molar-refractivity contribution in [3.05, 3.63) is 0 Å². The number of carbonyl (C=O) groups is 2. The summed E-state index contributed by atoms with van der Waals surface area (Å²) >= 11 is 0. The SMILES string of the molecule is CS(=O)(=O)OCCCCN1C(=O)CCCC1=O. The molecule has 0 atom stereocenters. The lowest BCUT2D eigenvalue weighted by Crippen LogP contribution is -2.40. The van der Waals surface area contributed by atoms with Crippen molar-refractivity contribution in [1.82, 2.24) is 4.90 Å². The van der Waals surface area contributed by atoms with Crippen LogP contribution < -0.4 is 0 Å². The Morgan fingerprint density at radius 1 is 1.18 bits per heavy atom. The minimum atomic E-state index is -3.40. The molecule has 0 aromatic carbocycles. The molecule has 2 amide bonds. The summed E-state index contributed by atoms with van der Waals surface area (Å²) in [5, 5.41) is 0. The third-order valence-corrected chi connectivity index (χ3v) is 3.05. The van der Waals surface area contributed by atoms with Gasteiger partial charge in [0.1, 0.15) is 0 Å². The summed E-state index contributed by atoms with van der Waals surface area (Å²) in [6.07, 6.45) is 3.53. The monoisotopic (exact) mass is 263 g/mol. The lowest BCUT2D eigenvalue weighted by Gasteiger charge is -2.24. The molecule has 0 aromatic rings. The Morgan fingerprint density at radius 3 is 2.29 bits per heavy atom. The Balaban J connectivity index is 2.21. The van der Waals surface area contributed by atoms with Crippen LogP contribution in [0.4, 0.5) is 0 Å². The molecule has 0 N–H and O–H groups in total. The Bertz CT molecular complexity index is 374. The Morgan fingerprint density at radius 2 is 1.76 bits per heavy atom. The fourth-order valence-electron chi connectivity index (χ4n) is 1.63.